The highest BCUT2D eigenvalue weighted by Gasteiger charge is 2.30. The number of nitrogens with zero attached hydrogens (tertiary/aromatic N) is 3. The van der Waals surface area contributed by atoms with Crippen LogP contribution in [0.2, 0.25) is 0 Å². The first-order valence-electron chi connectivity index (χ1n) is 12.1. The summed E-state index contributed by atoms with van der Waals surface area (Å²) in [4.78, 5) is 34.1. The summed E-state index contributed by atoms with van der Waals surface area (Å²) in [5, 5.41) is 2.04. The van der Waals surface area contributed by atoms with Crippen molar-refractivity contribution in [1.29, 1.82) is 0 Å². The van der Waals surface area contributed by atoms with E-state index in [9.17, 15) is 9.59 Å². The molecule has 2 aliphatic rings. The second-order valence-electron chi connectivity index (χ2n) is 9.01. The molecule has 7 heteroatoms. The van der Waals surface area contributed by atoms with Gasteiger partial charge in [0.25, 0.3) is 0 Å². The molecule has 1 aliphatic heterocycles. The van der Waals surface area contributed by atoms with Crippen molar-refractivity contribution in [2.24, 2.45) is 5.92 Å². The summed E-state index contributed by atoms with van der Waals surface area (Å²) in [7, 11) is 0. The maximum atomic E-state index is 13.6. The van der Waals surface area contributed by atoms with E-state index in [0.717, 1.165) is 69.0 Å². The van der Waals surface area contributed by atoms with Crippen LogP contribution in [0.3, 0.4) is 0 Å². The first-order chi connectivity index (χ1) is 16.2. The highest BCUT2D eigenvalue weighted by Crippen LogP contribution is 2.27. The third-order valence-corrected chi connectivity index (χ3v) is 7.49. The Morgan fingerprint density at radius 3 is 2.42 bits per heavy atom. The van der Waals surface area contributed by atoms with Gasteiger partial charge >= 0.3 is 0 Å². The molecule has 1 saturated heterocycles. The number of amides is 2. The molecular formula is C26H35N3O3S. The summed E-state index contributed by atoms with van der Waals surface area (Å²) in [6, 6.07) is 14.2. The molecule has 6 nitrogen and oxygen atoms in total. The maximum absolute atomic E-state index is 13.6. The van der Waals surface area contributed by atoms with E-state index in [1.807, 2.05) is 39.4 Å². The number of hydrogen-bond donors (Lipinski definition) is 0. The quantitative estimate of drug-likeness (QED) is 0.533. The topological polar surface area (TPSA) is 53.1 Å². The molecule has 2 amide bonds. The van der Waals surface area contributed by atoms with Crippen LogP contribution in [0.1, 0.15) is 36.1 Å². The van der Waals surface area contributed by atoms with Gasteiger partial charge in [-0.3, -0.25) is 14.5 Å². The Bertz CT molecular complexity index is 862. The first kappa shape index (κ1) is 23.9. The van der Waals surface area contributed by atoms with Crippen molar-refractivity contribution in [2.75, 3.05) is 45.9 Å². The van der Waals surface area contributed by atoms with E-state index in [2.05, 4.69) is 23.1 Å². The molecule has 0 radical (unpaired) electrons. The third-order valence-electron chi connectivity index (χ3n) is 6.63. The van der Waals surface area contributed by atoms with Crippen molar-refractivity contribution >= 4 is 23.2 Å². The van der Waals surface area contributed by atoms with Crippen molar-refractivity contribution in [3.8, 4) is 0 Å². The fourth-order valence-corrected chi connectivity index (χ4v) is 5.39. The maximum Gasteiger partial charge on any atom is 0.242 e. The second kappa shape index (κ2) is 12.3. The van der Waals surface area contributed by atoms with Crippen LogP contribution in [0.4, 0.5) is 0 Å². The van der Waals surface area contributed by atoms with Crippen LogP contribution in [0.5, 0.6) is 0 Å². The smallest absolute Gasteiger partial charge is 0.242 e. The zero-order valence-electron chi connectivity index (χ0n) is 19.4. The van der Waals surface area contributed by atoms with Gasteiger partial charge in [-0.25, -0.2) is 0 Å². The molecule has 33 heavy (non-hydrogen) atoms. The minimum Gasteiger partial charge on any atom is -0.379 e. The number of morpholine rings is 1. The van der Waals surface area contributed by atoms with Gasteiger partial charge < -0.3 is 14.5 Å². The number of carbonyl (C=O) groups is 2. The van der Waals surface area contributed by atoms with E-state index in [0.29, 0.717) is 19.6 Å². The lowest BCUT2D eigenvalue weighted by Gasteiger charge is -2.32. The van der Waals surface area contributed by atoms with E-state index in [1.165, 1.54) is 0 Å². The molecule has 2 fully saturated rings. The van der Waals surface area contributed by atoms with E-state index in [4.69, 9.17) is 4.74 Å². The van der Waals surface area contributed by atoms with Gasteiger partial charge in [0.2, 0.25) is 11.8 Å². The Balaban J connectivity index is 1.45. The largest absolute Gasteiger partial charge is 0.379 e. The van der Waals surface area contributed by atoms with Crippen LogP contribution in [0.25, 0.3) is 0 Å². The third kappa shape index (κ3) is 7.13. The summed E-state index contributed by atoms with van der Waals surface area (Å²) in [5.41, 5.74) is 1.10. The van der Waals surface area contributed by atoms with Crippen molar-refractivity contribution in [1.82, 2.24) is 14.7 Å². The normalized spacial score (nSPS) is 17.2. The van der Waals surface area contributed by atoms with Crippen molar-refractivity contribution in [3.63, 3.8) is 0 Å². The first-order valence-corrected chi connectivity index (χ1v) is 13.0. The molecule has 0 N–H and O–H groups in total. The summed E-state index contributed by atoms with van der Waals surface area (Å²) in [6.07, 6.45) is 4.12. The predicted molar refractivity (Wildman–Crippen MR) is 131 cm³/mol. The Morgan fingerprint density at radius 1 is 0.970 bits per heavy atom. The van der Waals surface area contributed by atoms with E-state index in [-0.39, 0.29) is 24.3 Å². The number of carbonyl (C=O) groups excluding carboxylic acids is 2. The van der Waals surface area contributed by atoms with Crippen LogP contribution in [0, 0.1) is 5.92 Å². The Morgan fingerprint density at radius 2 is 1.73 bits per heavy atom. The fraction of sp³-hybridized carbons (Fsp3) is 0.538. The summed E-state index contributed by atoms with van der Waals surface area (Å²) < 4.78 is 5.46. The van der Waals surface area contributed by atoms with E-state index >= 15 is 0 Å². The molecule has 1 aliphatic carbocycles. The molecule has 178 valence electrons. The Labute approximate surface area is 201 Å². The average molecular weight is 470 g/mol. The monoisotopic (exact) mass is 469 g/mol. The molecular weight excluding hydrogens is 434 g/mol. The molecule has 1 saturated carbocycles. The Kier molecular flexibility index (Phi) is 8.92. The lowest BCUT2D eigenvalue weighted by molar-refractivity contribution is -0.143. The van der Waals surface area contributed by atoms with Gasteiger partial charge in [0.15, 0.2) is 0 Å². The van der Waals surface area contributed by atoms with E-state index in [1.54, 1.807) is 11.3 Å². The van der Waals surface area contributed by atoms with Gasteiger partial charge in [0.05, 0.1) is 26.3 Å². The number of benzene rings is 1. The minimum atomic E-state index is 0.0144. The number of hydrogen-bond acceptors (Lipinski definition) is 5. The fourth-order valence-electron chi connectivity index (χ4n) is 4.68. The zero-order chi connectivity index (χ0) is 22.9. The Hall–Kier alpha value is -2.22. The highest BCUT2D eigenvalue weighted by molar-refractivity contribution is 7.09. The van der Waals surface area contributed by atoms with Crippen molar-refractivity contribution in [2.45, 2.75) is 38.8 Å². The van der Waals surface area contributed by atoms with Crippen LogP contribution in [-0.4, -0.2) is 72.5 Å². The van der Waals surface area contributed by atoms with Gasteiger partial charge in [-0.15, -0.1) is 11.3 Å². The number of ether oxygens (including phenoxy) is 1. The molecule has 2 heterocycles. The molecule has 4 rings (SSSR count). The summed E-state index contributed by atoms with van der Waals surface area (Å²) >= 11 is 1.66. The lowest BCUT2D eigenvalue weighted by atomic mass is 10.1. The lowest BCUT2D eigenvalue weighted by Crippen LogP contribution is -2.48. The standard InChI is InChI=1S/C26H35N3O3S/c30-25(29(20-24-11-6-18-33-24)19-22-7-2-1-3-8-22)21-28(26(31)23-9-4-5-10-23)13-12-27-14-16-32-17-15-27/h1-3,6-8,11,18,23H,4-5,9-10,12-17,19-21H2. The van der Waals surface area contributed by atoms with E-state index < -0.39 is 0 Å². The van der Waals surface area contributed by atoms with Gasteiger partial charge in [-0.2, -0.15) is 0 Å². The van der Waals surface area contributed by atoms with Gasteiger partial charge in [-0.1, -0.05) is 49.2 Å². The molecule has 2 aromatic rings. The summed E-state index contributed by atoms with van der Waals surface area (Å²) in [5.74, 6) is 0.243. The van der Waals surface area contributed by atoms with Gasteiger partial charge in [-0.05, 0) is 29.9 Å². The molecule has 0 bridgehead atoms. The van der Waals surface area contributed by atoms with Crippen LogP contribution in [0.15, 0.2) is 47.8 Å². The highest BCUT2D eigenvalue weighted by atomic mass is 32.1. The van der Waals surface area contributed by atoms with Crippen molar-refractivity contribution < 1.29 is 14.3 Å². The number of thiophene rings is 1. The summed E-state index contributed by atoms with van der Waals surface area (Å²) in [6.45, 7) is 5.90. The molecule has 0 atom stereocenters. The second-order valence-corrected chi connectivity index (χ2v) is 10.0. The zero-order valence-corrected chi connectivity index (χ0v) is 20.2. The van der Waals surface area contributed by atoms with Crippen LogP contribution >= 0.6 is 11.3 Å². The molecule has 0 spiro atoms. The molecule has 0 unspecified atom stereocenters. The van der Waals surface area contributed by atoms with Crippen LogP contribution < -0.4 is 0 Å². The minimum absolute atomic E-state index is 0.0144. The van der Waals surface area contributed by atoms with Crippen molar-refractivity contribution in [3.05, 3.63) is 58.3 Å². The predicted octanol–water partition coefficient (Wildman–Crippen LogP) is 3.63. The number of rotatable bonds is 10. The molecule has 1 aromatic carbocycles. The molecule has 1 aromatic heterocycles. The van der Waals surface area contributed by atoms with Gasteiger partial charge in [0.1, 0.15) is 0 Å². The average Bonchev–Trinajstić information content (AvgIpc) is 3.57. The van der Waals surface area contributed by atoms with Gasteiger partial charge in [0, 0.05) is 43.5 Å². The SMILES string of the molecule is O=C(CN(CCN1CCOCC1)C(=O)C1CCCC1)N(Cc1ccccc1)Cc1cccs1. The van der Waals surface area contributed by atoms with Crippen LogP contribution in [-0.2, 0) is 27.4 Å².